The molecule has 2 aromatic carbocycles. The first-order chi connectivity index (χ1) is 15.3. The van der Waals surface area contributed by atoms with E-state index < -0.39 is 22.9 Å². The zero-order valence-corrected chi connectivity index (χ0v) is 18.1. The van der Waals surface area contributed by atoms with Gasteiger partial charge in [0.15, 0.2) is 5.17 Å². The van der Waals surface area contributed by atoms with Crippen molar-refractivity contribution in [3.8, 4) is 0 Å². The summed E-state index contributed by atoms with van der Waals surface area (Å²) in [5, 5.41) is 2.21. The lowest BCUT2D eigenvalue weighted by atomic mass is 10.2. The Morgan fingerprint density at radius 1 is 1.19 bits per heavy atom. The molecule has 0 spiro atoms. The smallest absolute Gasteiger partial charge is 0.385 e. The molecule has 0 radical (unpaired) electrons. The van der Waals surface area contributed by atoms with Gasteiger partial charge in [0.1, 0.15) is 5.25 Å². The monoisotopic (exact) mass is 465 g/mol. The fourth-order valence-electron chi connectivity index (χ4n) is 3.06. The summed E-state index contributed by atoms with van der Waals surface area (Å²) in [6, 6.07) is 13.5. The van der Waals surface area contributed by atoms with Crippen molar-refractivity contribution in [1.82, 2.24) is 4.90 Å². The van der Waals surface area contributed by atoms with Crippen LogP contribution >= 0.6 is 11.8 Å². The van der Waals surface area contributed by atoms with E-state index in [1.807, 2.05) is 18.2 Å². The average Bonchev–Trinajstić information content (AvgIpc) is 3.03. The molecule has 3 rings (SSSR count). The highest BCUT2D eigenvalue weighted by atomic mass is 32.2. The zero-order chi connectivity index (χ0) is 23.1. The molecule has 0 aromatic heterocycles. The van der Waals surface area contributed by atoms with Crippen molar-refractivity contribution < 1.29 is 27.5 Å². The average molecular weight is 465 g/mol. The van der Waals surface area contributed by atoms with Crippen LogP contribution < -0.4 is 5.32 Å². The highest BCUT2D eigenvalue weighted by Crippen LogP contribution is 2.33. The van der Waals surface area contributed by atoms with Gasteiger partial charge >= 0.3 is 6.18 Å². The van der Waals surface area contributed by atoms with Crippen LogP contribution in [0.25, 0.3) is 0 Å². The summed E-state index contributed by atoms with van der Waals surface area (Å²) in [5.74, 6) is -0.812. The number of halogens is 3. The van der Waals surface area contributed by atoms with Gasteiger partial charge in [-0.1, -0.05) is 36.0 Å². The number of alkyl halides is 3. The number of rotatable bonds is 8. The van der Waals surface area contributed by atoms with Gasteiger partial charge in [0.25, 0.3) is 0 Å². The number of para-hydroxylation sites is 1. The summed E-state index contributed by atoms with van der Waals surface area (Å²) < 4.78 is 43.7. The van der Waals surface area contributed by atoms with Gasteiger partial charge in [0.05, 0.1) is 11.3 Å². The molecule has 1 saturated heterocycles. The first-order valence-corrected chi connectivity index (χ1v) is 10.7. The van der Waals surface area contributed by atoms with Gasteiger partial charge in [0.2, 0.25) is 11.8 Å². The minimum Gasteiger partial charge on any atom is -0.385 e. The summed E-state index contributed by atoms with van der Waals surface area (Å²) in [7, 11) is 1.57. The Morgan fingerprint density at radius 3 is 2.62 bits per heavy atom. The molecule has 1 unspecified atom stereocenters. The molecule has 10 heteroatoms. The number of thioether (sulfide) groups is 1. The number of amides is 2. The Bertz CT molecular complexity index is 983. The van der Waals surface area contributed by atoms with Crippen LogP contribution in [0.4, 0.5) is 24.5 Å². The molecule has 0 aliphatic carbocycles. The third-order valence-corrected chi connectivity index (χ3v) is 5.75. The SMILES string of the molecule is COCCCN1C(=O)C(CC(=O)Nc2cccc(C(F)(F)F)c2)SC1=Nc1ccccc1. The Hall–Kier alpha value is -2.85. The fourth-order valence-corrected chi connectivity index (χ4v) is 4.25. The minimum atomic E-state index is -4.51. The van der Waals surface area contributed by atoms with E-state index in [-0.39, 0.29) is 18.0 Å². The molecule has 6 nitrogen and oxygen atoms in total. The van der Waals surface area contributed by atoms with Crippen molar-refractivity contribution in [2.45, 2.75) is 24.3 Å². The lowest BCUT2D eigenvalue weighted by Gasteiger charge is -2.16. The number of amidine groups is 1. The summed E-state index contributed by atoms with van der Waals surface area (Å²) in [6.45, 7) is 0.852. The molecule has 1 fully saturated rings. The van der Waals surface area contributed by atoms with Crippen LogP contribution in [0.1, 0.15) is 18.4 Å². The predicted octanol–water partition coefficient (Wildman–Crippen LogP) is 4.70. The maximum absolute atomic E-state index is 12.9. The number of ether oxygens (including phenoxy) is 1. The highest BCUT2D eigenvalue weighted by Gasteiger charge is 2.39. The van der Waals surface area contributed by atoms with Gasteiger partial charge in [-0.3, -0.25) is 14.5 Å². The molecule has 0 saturated carbocycles. The van der Waals surface area contributed by atoms with E-state index in [1.165, 1.54) is 28.8 Å². The first-order valence-electron chi connectivity index (χ1n) is 9.86. The number of carbonyl (C=O) groups is 2. The van der Waals surface area contributed by atoms with E-state index in [0.29, 0.717) is 30.4 Å². The highest BCUT2D eigenvalue weighted by molar-refractivity contribution is 8.15. The predicted molar refractivity (Wildman–Crippen MR) is 118 cm³/mol. The maximum Gasteiger partial charge on any atom is 0.416 e. The number of benzene rings is 2. The van der Waals surface area contributed by atoms with Crippen molar-refractivity contribution in [2.75, 3.05) is 25.6 Å². The van der Waals surface area contributed by atoms with Gasteiger partial charge in [-0.05, 0) is 36.8 Å². The van der Waals surface area contributed by atoms with E-state index in [1.54, 1.807) is 19.2 Å². The maximum atomic E-state index is 12.9. The van der Waals surface area contributed by atoms with Crippen LogP contribution in [0.3, 0.4) is 0 Å². The largest absolute Gasteiger partial charge is 0.416 e. The molecule has 2 aromatic rings. The molecule has 32 heavy (non-hydrogen) atoms. The summed E-state index contributed by atoms with van der Waals surface area (Å²) in [4.78, 5) is 31.5. The third-order valence-electron chi connectivity index (χ3n) is 4.58. The van der Waals surface area contributed by atoms with Gasteiger partial charge in [-0.15, -0.1) is 0 Å². The quantitative estimate of drug-likeness (QED) is 0.574. The third kappa shape index (κ3) is 6.33. The van der Waals surface area contributed by atoms with E-state index in [4.69, 9.17) is 4.74 Å². The molecule has 170 valence electrons. The number of methoxy groups -OCH3 is 1. The van der Waals surface area contributed by atoms with E-state index in [0.717, 1.165) is 12.1 Å². The molecule has 1 atom stereocenters. The molecule has 1 aliphatic heterocycles. The molecule has 2 amide bonds. The van der Waals surface area contributed by atoms with Crippen molar-refractivity contribution >= 4 is 40.1 Å². The van der Waals surface area contributed by atoms with Gasteiger partial charge in [-0.2, -0.15) is 13.2 Å². The second-order valence-electron chi connectivity index (χ2n) is 7.00. The second-order valence-corrected chi connectivity index (χ2v) is 8.17. The van der Waals surface area contributed by atoms with Gasteiger partial charge < -0.3 is 10.1 Å². The lowest BCUT2D eigenvalue weighted by molar-refractivity contribution is -0.137. The van der Waals surface area contributed by atoms with Crippen LogP contribution in [0.2, 0.25) is 0 Å². The minimum absolute atomic E-state index is 0.0235. The molecule has 1 heterocycles. The number of anilines is 1. The number of hydrogen-bond acceptors (Lipinski definition) is 5. The number of hydrogen-bond donors (Lipinski definition) is 1. The Kier molecular flexibility index (Phi) is 7.92. The van der Waals surface area contributed by atoms with Crippen molar-refractivity contribution in [1.29, 1.82) is 0 Å². The van der Waals surface area contributed by atoms with Crippen molar-refractivity contribution in [3.05, 3.63) is 60.2 Å². The standard InChI is InChI=1S/C22H22F3N3O3S/c1-31-12-6-11-28-20(30)18(32-21(28)27-16-8-3-2-4-9-16)14-19(29)26-17-10-5-7-15(13-17)22(23,24)25/h2-5,7-10,13,18H,6,11-12,14H2,1H3,(H,26,29). The summed E-state index contributed by atoms with van der Waals surface area (Å²) in [5.41, 5.74) is -0.160. The van der Waals surface area contributed by atoms with Crippen LogP contribution in [-0.2, 0) is 20.5 Å². The van der Waals surface area contributed by atoms with E-state index in [9.17, 15) is 22.8 Å². The van der Waals surface area contributed by atoms with Crippen LogP contribution in [0, 0.1) is 0 Å². The number of nitrogens with one attached hydrogen (secondary N) is 1. The fraction of sp³-hybridized carbons (Fsp3) is 0.318. The molecular weight excluding hydrogens is 443 g/mol. The Morgan fingerprint density at radius 2 is 1.94 bits per heavy atom. The van der Waals surface area contributed by atoms with Crippen LogP contribution in [0.15, 0.2) is 59.6 Å². The Labute approximate surface area is 187 Å². The van der Waals surface area contributed by atoms with Gasteiger partial charge in [-0.25, -0.2) is 4.99 Å². The molecule has 0 bridgehead atoms. The number of aliphatic imine (C=N–C) groups is 1. The van der Waals surface area contributed by atoms with E-state index in [2.05, 4.69) is 10.3 Å². The van der Waals surface area contributed by atoms with Crippen molar-refractivity contribution in [2.24, 2.45) is 4.99 Å². The molecule has 1 aliphatic rings. The first kappa shape index (κ1) is 23.8. The molecule has 1 N–H and O–H groups in total. The summed E-state index contributed by atoms with van der Waals surface area (Å²) >= 11 is 1.17. The summed E-state index contributed by atoms with van der Waals surface area (Å²) in [6.07, 6.45) is -4.10. The Balaban J connectivity index is 1.71. The van der Waals surface area contributed by atoms with Crippen LogP contribution in [0.5, 0.6) is 0 Å². The lowest BCUT2D eigenvalue weighted by Crippen LogP contribution is -2.34. The number of carbonyl (C=O) groups excluding carboxylic acids is 2. The second kappa shape index (κ2) is 10.6. The van der Waals surface area contributed by atoms with Gasteiger partial charge in [0, 0.05) is 32.4 Å². The molecular formula is C22H22F3N3O3S. The van der Waals surface area contributed by atoms with E-state index >= 15 is 0 Å². The zero-order valence-electron chi connectivity index (χ0n) is 17.3. The number of nitrogens with zero attached hydrogens (tertiary/aromatic N) is 2. The van der Waals surface area contributed by atoms with Crippen molar-refractivity contribution in [3.63, 3.8) is 0 Å². The normalized spacial score (nSPS) is 17.8. The topological polar surface area (TPSA) is 71.0 Å². The van der Waals surface area contributed by atoms with Crippen LogP contribution in [-0.4, -0.2) is 47.4 Å².